The molecule has 1 aliphatic heterocycles. The van der Waals surface area contributed by atoms with Crippen LogP contribution in [0.3, 0.4) is 0 Å². The number of hydrogen-bond acceptors (Lipinski definition) is 4. The maximum absolute atomic E-state index is 11.1. The molecule has 2 atom stereocenters. The van der Waals surface area contributed by atoms with Gasteiger partial charge in [0.2, 0.25) is 0 Å². The summed E-state index contributed by atoms with van der Waals surface area (Å²) >= 11 is 0. The maximum atomic E-state index is 11.1. The molecule has 0 bridgehead atoms. The lowest BCUT2D eigenvalue weighted by atomic mass is 10.0. The lowest BCUT2D eigenvalue weighted by Gasteiger charge is -2.29. The van der Waals surface area contributed by atoms with Gasteiger partial charge in [0.1, 0.15) is 0 Å². The average Bonchev–Trinajstić information content (AvgIpc) is 2.30. The average molecular weight is 229 g/mol. The number of hydrogen-bond donors (Lipinski definition) is 1. The third-order valence-corrected chi connectivity index (χ3v) is 2.89. The molecule has 0 aromatic carbocycles. The van der Waals surface area contributed by atoms with E-state index in [9.17, 15) is 4.79 Å². The smallest absolute Gasteiger partial charge is 0.307 e. The van der Waals surface area contributed by atoms with Crippen molar-refractivity contribution in [1.29, 1.82) is 0 Å². The van der Waals surface area contributed by atoms with Gasteiger partial charge in [-0.3, -0.25) is 4.79 Å². The Morgan fingerprint density at radius 3 is 3.00 bits per heavy atom. The molecule has 1 saturated heterocycles. The number of rotatable bonds is 6. The molecule has 0 aromatic heterocycles. The summed E-state index contributed by atoms with van der Waals surface area (Å²) in [5.41, 5.74) is 0. The van der Waals surface area contributed by atoms with Crippen LogP contribution in [0.2, 0.25) is 0 Å². The van der Waals surface area contributed by atoms with E-state index < -0.39 is 0 Å². The molecule has 0 spiro atoms. The van der Waals surface area contributed by atoms with Crippen molar-refractivity contribution in [1.82, 2.24) is 5.32 Å². The van der Waals surface area contributed by atoms with Crippen molar-refractivity contribution in [3.63, 3.8) is 0 Å². The van der Waals surface area contributed by atoms with Gasteiger partial charge in [-0.1, -0.05) is 6.92 Å². The molecule has 0 radical (unpaired) electrons. The number of ether oxygens (including phenoxy) is 2. The fourth-order valence-electron chi connectivity index (χ4n) is 1.96. The zero-order chi connectivity index (χ0) is 11.8. The molecule has 4 heteroatoms. The molecule has 0 saturated carbocycles. The molecular formula is C12H23NO3. The largest absolute Gasteiger partial charge is 0.466 e. The third kappa shape index (κ3) is 4.94. The maximum Gasteiger partial charge on any atom is 0.307 e. The number of carbonyl (C=O) groups excluding carboxylic acids is 1. The first-order chi connectivity index (χ1) is 7.76. The van der Waals surface area contributed by atoms with Crippen LogP contribution >= 0.6 is 0 Å². The molecule has 1 N–H and O–H groups in total. The van der Waals surface area contributed by atoms with Crippen molar-refractivity contribution < 1.29 is 14.3 Å². The fourth-order valence-corrected chi connectivity index (χ4v) is 1.96. The van der Waals surface area contributed by atoms with E-state index in [4.69, 9.17) is 9.47 Å². The van der Waals surface area contributed by atoms with Crippen LogP contribution in [-0.2, 0) is 14.3 Å². The van der Waals surface area contributed by atoms with E-state index in [-0.39, 0.29) is 5.97 Å². The van der Waals surface area contributed by atoms with Gasteiger partial charge in [0.15, 0.2) is 0 Å². The highest BCUT2D eigenvalue weighted by Crippen LogP contribution is 2.16. The van der Waals surface area contributed by atoms with Crippen molar-refractivity contribution in [3.05, 3.63) is 0 Å². The Labute approximate surface area is 97.7 Å². The van der Waals surface area contributed by atoms with Crippen molar-refractivity contribution in [2.45, 2.75) is 51.7 Å². The second-order valence-corrected chi connectivity index (χ2v) is 4.13. The Bertz CT molecular complexity index is 208. The first-order valence-corrected chi connectivity index (χ1v) is 6.26. The zero-order valence-electron chi connectivity index (χ0n) is 10.3. The van der Waals surface area contributed by atoms with Crippen molar-refractivity contribution in [2.75, 3.05) is 19.8 Å². The Hall–Kier alpha value is -0.610. The highest BCUT2D eigenvalue weighted by atomic mass is 16.5. The molecule has 2 unspecified atom stereocenters. The normalized spacial score (nSPS) is 25.4. The molecule has 1 aliphatic rings. The molecule has 4 nitrogen and oxygen atoms in total. The van der Waals surface area contributed by atoms with Crippen LogP contribution in [-0.4, -0.2) is 37.9 Å². The Balaban J connectivity index is 2.10. The topological polar surface area (TPSA) is 47.6 Å². The minimum absolute atomic E-state index is 0.117. The van der Waals surface area contributed by atoms with Gasteiger partial charge >= 0.3 is 5.97 Å². The summed E-state index contributed by atoms with van der Waals surface area (Å²) in [7, 11) is 0. The van der Waals surface area contributed by atoms with Gasteiger partial charge in [-0.15, -0.1) is 0 Å². The summed E-state index contributed by atoms with van der Waals surface area (Å²) in [4.78, 5) is 11.1. The highest BCUT2D eigenvalue weighted by Gasteiger charge is 2.20. The van der Waals surface area contributed by atoms with Crippen LogP contribution < -0.4 is 5.32 Å². The minimum Gasteiger partial charge on any atom is -0.466 e. The van der Waals surface area contributed by atoms with Gasteiger partial charge in [0.05, 0.1) is 19.1 Å². The van der Waals surface area contributed by atoms with E-state index in [1.807, 2.05) is 6.92 Å². The Morgan fingerprint density at radius 2 is 2.31 bits per heavy atom. The molecule has 16 heavy (non-hydrogen) atoms. The van der Waals surface area contributed by atoms with Crippen LogP contribution in [0.15, 0.2) is 0 Å². The summed E-state index contributed by atoms with van der Waals surface area (Å²) < 4.78 is 10.5. The quantitative estimate of drug-likeness (QED) is 0.701. The second-order valence-electron chi connectivity index (χ2n) is 4.13. The highest BCUT2D eigenvalue weighted by molar-refractivity contribution is 5.69. The van der Waals surface area contributed by atoms with Crippen LogP contribution in [0, 0.1) is 0 Å². The van der Waals surface area contributed by atoms with Gasteiger partial charge in [0, 0.05) is 19.2 Å². The summed E-state index contributed by atoms with van der Waals surface area (Å²) in [5.74, 6) is -0.117. The first-order valence-electron chi connectivity index (χ1n) is 6.26. The summed E-state index contributed by atoms with van der Waals surface area (Å²) in [5, 5.41) is 3.39. The monoisotopic (exact) mass is 229 g/mol. The fraction of sp³-hybridized carbons (Fsp3) is 0.917. The molecule has 0 amide bonds. The van der Waals surface area contributed by atoms with Gasteiger partial charge in [-0.25, -0.2) is 0 Å². The summed E-state index contributed by atoms with van der Waals surface area (Å²) in [6.45, 7) is 5.98. The Kier molecular flexibility index (Phi) is 6.42. The lowest BCUT2D eigenvalue weighted by Crippen LogP contribution is -2.39. The van der Waals surface area contributed by atoms with E-state index in [0.29, 0.717) is 31.7 Å². The van der Waals surface area contributed by atoms with E-state index >= 15 is 0 Å². The molecule has 94 valence electrons. The van der Waals surface area contributed by atoms with E-state index in [1.165, 1.54) is 0 Å². The summed E-state index contributed by atoms with van der Waals surface area (Å²) in [6, 6.07) is 0.494. The number of carbonyl (C=O) groups is 1. The zero-order valence-corrected chi connectivity index (χ0v) is 10.3. The molecule has 1 heterocycles. The minimum atomic E-state index is -0.117. The Morgan fingerprint density at radius 1 is 1.50 bits per heavy atom. The van der Waals surface area contributed by atoms with Gasteiger partial charge < -0.3 is 14.8 Å². The standard InChI is InChI=1S/C12H23NO3/c1-3-11-9-10(6-8-16-11)13-7-5-12(14)15-4-2/h10-11,13H,3-9H2,1-2H3. The number of esters is 1. The molecule has 0 aliphatic carbocycles. The van der Waals surface area contributed by atoms with Gasteiger partial charge in [-0.2, -0.15) is 0 Å². The lowest BCUT2D eigenvalue weighted by molar-refractivity contribution is -0.143. The van der Waals surface area contributed by atoms with Gasteiger partial charge in [0.25, 0.3) is 0 Å². The van der Waals surface area contributed by atoms with Crippen LogP contribution in [0.25, 0.3) is 0 Å². The molecule has 0 aromatic rings. The molecule has 1 rings (SSSR count). The van der Waals surface area contributed by atoms with E-state index in [0.717, 1.165) is 25.9 Å². The van der Waals surface area contributed by atoms with E-state index in [1.54, 1.807) is 0 Å². The molecule has 1 fully saturated rings. The van der Waals surface area contributed by atoms with Crippen LogP contribution in [0.1, 0.15) is 39.5 Å². The van der Waals surface area contributed by atoms with E-state index in [2.05, 4.69) is 12.2 Å². The van der Waals surface area contributed by atoms with Gasteiger partial charge in [-0.05, 0) is 26.2 Å². The van der Waals surface area contributed by atoms with Crippen molar-refractivity contribution in [2.24, 2.45) is 0 Å². The predicted octanol–water partition coefficient (Wildman–Crippen LogP) is 1.49. The van der Waals surface area contributed by atoms with Crippen LogP contribution in [0.4, 0.5) is 0 Å². The number of nitrogens with one attached hydrogen (secondary N) is 1. The SMILES string of the molecule is CCOC(=O)CCNC1CCOC(CC)C1. The van der Waals surface area contributed by atoms with Crippen molar-refractivity contribution in [3.8, 4) is 0 Å². The first kappa shape index (κ1) is 13.5. The van der Waals surface area contributed by atoms with Crippen LogP contribution in [0.5, 0.6) is 0 Å². The molecular weight excluding hydrogens is 206 g/mol. The second kappa shape index (κ2) is 7.63. The summed E-state index contributed by atoms with van der Waals surface area (Å²) in [6.07, 6.45) is 4.00. The third-order valence-electron chi connectivity index (χ3n) is 2.89. The predicted molar refractivity (Wildman–Crippen MR) is 62.3 cm³/mol. The van der Waals surface area contributed by atoms with Crippen molar-refractivity contribution >= 4 is 5.97 Å².